The minimum Gasteiger partial charge on any atom is -0.369 e. The van der Waals surface area contributed by atoms with Crippen LogP contribution in [0.4, 0.5) is 5.69 Å². The normalized spacial score (nSPS) is 28.1. The van der Waals surface area contributed by atoms with E-state index in [0.29, 0.717) is 12.1 Å². The molecule has 37 heavy (non-hydrogen) atoms. The summed E-state index contributed by atoms with van der Waals surface area (Å²) in [6, 6.07) is 7.28. The number of hydrogen-bond donors (Lipinski definition) is 1. The molecule has 8 nitrogen and oxygen atoms in total. The van der Waals surface area contributed by atoms with Gasteiger partial charge < -0.3 is 19.9 Å². The first-order valence-electron chi connectivity index (χ1n) is 13.8. The van der Waals surface area contributed by atoms with Crippen LogP contribution >= 0.6 is 11.8 Å². The van der Waals surface area contributed by atoms with Crippen molar-refractivity contribution in [3.8, 4) is 0 Å². The molecule has 2 amide bonds. The van der Waals surface area contributed by atoms with Crippen LogP contribution in [0.3, 0.4) is 0 Å². The fourth-order valence-electron chi connectivity index (χ4n) is 6.05. The number of piperazine rings is 1. The number of likely N-dealkylation sites (tertiary alicyclic amines) is 1. The van der Waals surface area contributed by atoms with Gasteiger partial charge in [0, 0.05) is 50.0 Å². The first-order valence-corrected chi connectivity index (χ1v) is 15.1. The Morgan fingerprint density at radius 3 is 2.43 bits per heavy atom. The van der Waals surface area contributed by atoms with Gasteiger partial charge in [0.15, 0.2) is 5.78 Å². The monoisotopic (exact) mass is 528 g/mol. The molecule has 3 aliphatic heterocycles. The lowest BCUT2D eigenvalue weighted by molar-refractivity contribution is -0.139. The van der Waals surface area contributed by atoms with E-state index >= 15 is 0 Å². The molecule has 0 spiro atoms. The fraction of sp³-hybridized carbons (Fsp3) is 0.679. The number of nitrogens with one attached hydrogen (secondary N) is 1. The van der Waals surface area contributed by atoms with Crippen LogP contribution in [-0.2, 0) is 14.3 Å². The molecule has 1 aromatic rings. The number of thioether (sulfide) groups is 1. The maximum atomic E-state index is 13.7. The van der Waals surface area contributed by atoms with Gasteiger partial charge >= 0.3 is 0 Å². The zero-order valence-corrected chi connectivity index (χ0v) is 23.0. The molecular formula is C28H40N4O4S. The molecular weight excluding hydrogens is 488 g/mol. The Balaban J connectivity index is 1.23. The van der Waals surface area contributed by atoms with Gasteiger partial charge in [-0.2, -0.15) is 11.8 Å². The summed E-state index contributed by atoms with van der Waals surface area (Å²) in [5.41, 5.74) is 1.67. The summed E-state index contributed by atoms with van der Waals surface area (Å²) >= 11 is 1.62. The van der Waals surface area contributed by atoms with Gasteiger partial charge in [-0.3, -0.25) is 19.3 Å². The number of anilines is 1. The second-order valence-corrected chi connectivity index (χ2v) is 12.0. The summed E-state index contributed by atoms with van der Waals surface area (Å²) < 4.78 is 5.72. The van der Waals surface area contributed by atoms with Crippen molar-refractivity contribution in [2.24, 2.45) is 5.92 Å². The van der Waals surface area contributed by atoms with E-state index < -0.39 is 12.1 Å². The summed E-state index contributed by atoms with van der Waals surface area (Å²) in [6.45, 7) is 8.70. The van der Waals surface area contributed by atoms with Gasteiger partial charge in [0.1, 0.15) is 18.7 Å². The van der Waals surface area contributed by atoms with Crippen LogP contribution < -0.4 is 10.2 Å². The van der Waals surface area contributed by atoms with Crippen molar-refractivity contribution in [2.75, 3.05) is 50.5 Å². The van der Waals surface area contributed by atoms with Crippen LogP contribution in [0.5, 0.6) is 0 Å². The molecule has 1 N–H and O–H groups in total. The number of benzene rings is 1. The van der Waals surface area contributed by atoms with Crippen LogP contribution in [0.15, 0.2) is 24.3 Å². The number of fused-ring (bicyclic) bond motifs is 1. The van der Waals surface area contributed by atoms with Crippen LogP contribution in [-0.4, -0.2) is 102 Å². The lowest BCUT2D eigenvalue weighted by atomic mass is 9.91. The highest BCUT2D eigenvalue weighted by molar-refractivity contribution is 7.99. The quantitative estimate of drug-likeness (QED) is 0.555. The molecule has 1 aliphatic carbocycles. The Kier molecular flexibility index (Phi) is 8.12. The second kappa shape index (κ2) is 11.3. The van der Waals surface area contributed by atoms with Crippen LogP contribution in [0.25, 0.3) is 0 Å². The van der Waals surface area contributed by atoms with E-state index in [0.717, 1.165) is 44.3 Å². The largest absolute Gasteiger partial charge is 0.369 e. The van der Waals surface area contributed by atoms with Crippen molar-refractivity contribution in [2.45, 2.75) is 69.0 Å². The van der Waals surface area contributed by atoms with Gasteiger partial charge in [0.2, 0.25) is 5.91 Å². The Labute approximate surface area is 224 Å². The molecule has 4 fully saturated rings. The smallest absolute Gasteiger partial charge is 0.251 e. The lowest BCUT2D eigenvalue weighted by Crippen LogP contribution is -2.54. The van der Waals surface area contributed by atoms with Gasteiger partial charge in [-0.25, -0.2) is 0 Å². The lowest BCUT2D eigenvalue weighted by Gasteiger charge is -2.43. The van der Waals surface area contributed by atoms with Gasteiger partial charge in [0.05, 0.1) is 11.4 Å². The highest BCUT2D eigenvalue weighted by Gasteiger charge is 2.53. The molecule has 3 saturated heterocycles. The highest BCUT2D eigenvalue weighted by atomic mass is 32.2. The van der Waals surface area contributed by atoms with E-state index in [1.165, 1.54) is 19.3 Å². The van der Waals surface area contributed by atoms with Gasteiger partial charge in [0.25, 0.3) is 5.91 Å². The zero-order valence-electron chi connectivity index (χ0n) is 22.2. The Morgan fingerprint density at radius 2 is 1.84 bits per heavy atom. The van der Waals surface area contributed by atoms with Crippen molar-refractivity contribution >= 4 is 35.0 Å². The van der Waals surface area contributed by atoms with Crippen LogP contribution in [0.1, 0.15) is 49.9 Å². The molecule has 0 radical (unpaired) electrons. The van der Waals surface area contributed by atoms with E-state index in [1.54, 1.807) is 16.7 Å². The number of rotatable bonds is 8. The van der Waals surface area contributed by atoms with Gasteiger partial charge in [-0.1, -0.05) is 26.7 Å². The van der Waals surface area contributed by atoms with Crippen molar-refractivity contribution < 1.29 is 19.1 Å². The van der Waals surface area contributed by atoms with Gasteiger partial charge in [-0.05, 0) is 49.3 Å². The molecule has 9 heteroatoms. The molecule has 0 unspecified atom stereocenters. The maximum Gasteiger partial charge on any atom is 0.251 e. The molecule has 0 aromatic heterocycles. The number of amides is 2. The number of nitrogens with zero attached hydrogens (tertiary/aromatic N) is 3. The number of carbonyl (C=O) groups excluding carboxylic acids is 3. The number of ether oxygens (including phenoxy) is 1. The van der Waals surface area contributed by atoms with Crippen molar-refractivity contribution in [3.05, 3.63) is 29.8 Å². The summed E-state index contributed by atoms with van der Waals surface area (Å²) in [6.07, 6.45) is 6.50. The molecule has 1 aromatic carbocycles. The number of hydrogen-bond acceptors (Lipinski definition) is 7. The third kappa shape index (κ3) is 5.27. The predicted molar refractivity (Wildman–Crippen MR) is 146 cm³/mol. The average molecular weight is 529 g/mol. The summed E-state index contributed by atoms with van der Waals surface area (Å²) in [5, 5.41) is 3.08. The summed E-state index contributed by atoms with van der Waals surface area (Å²) in [7, 11) is 0. The molecule has 4 aliphatic rings. The third-order valence-electron chi connectivity index (χ3n) is 8.89. The Hall–Kier alpha value is -2.10. The maximum absolute atomic E-state index is 13.7. The molecule has 5 atom stereocenters. The second-order valence-electron chi connectivity index (χ2n) is 10.9. The molecule has 0 bridgehead atoms. The minimum atomic E-state index is -0.689. The SMILES string of the molecule is CC[C@H](C)[C@H](NC(=O)c1ccc(N2CCN(C3CCC3)CC2)cc1)C(=O)N1C[C@H](SC)[C@H]2OCC(=O)[C@H]21. The standard InChI is InChI=1S/C28H40N4O4S/c1-4-18(2)24(28(35)32-16-23(37-3)26-25(32)22(33)17-36-26)29-27(34)19-8-10-21(11-9-19)31-14-12-30(13-15-31)20-6-5-7-20/h8-11,18,20,23-26H,4-7,12-17H2,1-3H3,(H,29,34)/t18-,23-,24-,25+,26+/m0/s1. The van der Waals surface area contributed by atoms with Crippen molar-refractivity contribution in [3.63, 3.8) is 0 Å². The first-order chi connectivity index (χ1) is 17.9. The van der Waals surface area contributed by atoms with Crippen molar-refractivity contribution in [1.29, 1.82) is 0 Å². The van der Waals surface area contributed by atoms with E-state index in [4.69, 9.17) is 4.74 Å². The Bertz CT molecular complexity index is 992. The third-order valence-corrected chi connectivity index (χ3v) is 9.91. The van der Waals surface area contributed by atoms with Gasteiger partial charge in [-0.15, -0.1) is 0 Å². The zero-order chi connectivity index (χ0) is 26.1. The minimum absolute atomic E-state index is 0.0479. The van der Waals surface area contributed by atoms with E-state index in [-0.39, 0.29) is 41.5 Å². The number of ketones is 1. The molecule has 202 valence electrons. The first kappa shape index (κ1) is 26.5. The topological polar surface area (TPSA) is 82.2 Å². The number of Topliss-reactive ketones (excluding diaryl/α,β-unsaturated/α-hetero) is 1. The number of carbonyl (C=O) groups is 3. The van der Waals surface area contributed by atoms with E-state index in [9.17, 15) is 14.4 Å². The van der Waals surface area contributed by atoms with Crippen molar-refractivity contribution in [1.82, 2.24) is 15.1 Å². The summed E-state index contributed by atoms with van der Waals surface area (Å²) in [5.74, 6) is -0.555. The van der Waals surface area contributed by atoms with Crippen LogP contribution in [0, 0.1) is 5.92 Å². The van der Waals surface area contributed by atoms with Crippen LogP contribution in [0.2, 0.25) is 0 Å². The Morgan fingerprint density at radius 1 is 1.14 bits per heavy atom. The highest BCUT2D eigenvalue weighted by Crippen LogP contribution is 2.34. The van der Waals surface area contributed by atoms with E-state index in [2.05, 4.69) is 15.1 Å². The molecule has 1 saturated carbocycles. The average Bonchev–Trinajstić information content (AvgIpc) is 3.46. The summed E-state index contributed by atoms with van der Waals surface area (Å²) in [4.78, 5) is 46.2. The molecule has 5 rings (SSSR count). The predicted octanol–water partition coefficient (Wildman–Crippen LogP) is 2.42. The fourth-order valence-corrected chi connectivity index (χ4v) is 6.86. The molecule has 3 heterocycles. The van der Waals surface area contributed by atoms with E-state index in [1.807, 2.05) is 44.4 Å².